The van der Waals surface area contributed by atoms with Crippen LogP contribution >= 0.6 is 0 Å². The summed E-state index contributed by atoms with van der Waals surface area (Å²) < 4.78 is 1.52. The van der Waals surface area contributed by atoms with Gasteiger partial charge in [0.25, 0.3) is 5.91 Å². The van der Waals surface area contributed by atoms with Crippen molar-refractivity contribution in [2.45, 2.75) is 45.6 Å². The number of anilines is 1. The highest BCUT2D eigenvalue weighted by Crippen LogP contribution is 2.18. The van der Waals surface area contributed by atoms with Gasteiger partial charge >= 0.3 is 0 Å². The van der Waals surface area contributed by atoms with E-state index >= 15 is 0 Å². The van der Waals surface area contributed by atoms with Crippen LogP contribution in [0.15, 0.2) is 6.07 Å². The zero-order valence-corrected chi connectivity index (χ0v) is 12.3. The van der Waals surface area contributed by atoms with Crippen molar-refractivity contribution < 1.29 is 9.59 Å². The smallest absolute Gasteiger partial charge is 0.272 e. The molecule has 1 aliphatic carbocycles. The average Bonchev–Trinajstić information content (AvgIpc) is 3.00. The van der Waals surface area contributed by atoms with Crippen LogP contribution in [0.2, 0.25) is 0 Å². The number of hydrogen-bond acceptors (Lipinski definition) is 3. The fraction of sp³-hybridized carbons (Fsp3) is 0.643. The molecule has 1 aromatic rings. The molecule has 20 heavy (non-hydrogen) atoms. The fourth-order valence-corrected chi connectivity index (χ4v) is 2.30. The summed E-state index contributed by atoms with van der Waals surface area (Å²) in [5, 5.41) is 9.90. The minimum absolute atomic E-state index is 0.0873. The minimum Gasteiger partial charge on any atom is -0.348 e. The summed E-state index contributed by atoms with van der Waals surface area (Å²) in [7, 11) is 1.71. The lowest BCUT2D eigenvalue weighted by Gasteiger charge is -2.09. The van der Waals surface area contributed by atoms with Gasteiger partial charge in [0.1, 0.15) is 5.82 Å². The van der Waals surface area contributed by atoms with Crippen molar-refractivity contribution in [1.82, 2.24) is 15.1 Å². The number of nitrogens with zero attached hydrogens (tertiary/aromatic N) is 2. The molecule has 0 bridgehead atoms. The topological polar surface area (TPSA) is 76.0 Å². The van der Waals surface area contributed by atoms with Crippen LogP contribution in [0.3, 0.4) is 0 Å². The van der Waals surface area contributed by atoms with Crippen molar-refractivity contribution in [3.05, 3.63) is 11.8 Å². The van der Waals surface area contributed by atoms with E-state index in [1.54, 1.807) is 13.1 Å². The Kier molecular flexibility index (Phi) is 4.42. The first kappa shape index (κ1) is 14.6. The molecular formula is C14H22N4O2. The van der Waals surface area contributed by atoms with Crippen molar-refractivity contribution in [2.24, 2.45) is 13.0 Å². The van der Waals surface area contributed by atoms with Gasteiger partial charge in [-0.25, -0.2) is 0 Å². The molecule has 6 heteroatoms. The SMILES string of the molecule is CC(C)C(=O)Nc1cc(C(=O)NC2CCCC2)nn1C. The van der Waals surface area contributed by atoms with Crippen molar-refractivity contribution in [3.8, 4) is 0 Å². The summed E-state index contributed by atoms with van der Waals surface area (Å²) in [6.45, 7) is 3.64. The Morgan fingerprint density at radius 1 is 1.35 bits per heavy atom. The van der Waals surface area contributed by atoms with Crippen LogP contribution in [0.25, 0.3) is 0 Å². The van der Waals surface area contributed by atoms with E-state index in [4.69, 9.17) is 0 Å². The number of nitrogens with one attached hydrogen (secondary N) is 2. The maximum Gasteiger partial charge on any atom is 0.272 e. The third-order valence-corrected chi connectivity index (χ3v) is 3.58. The van der Waals surface area contributed by atoms with Crippen LogP contribution in [0, 0.1) is 5.92 Å². The van der Waals surface area contributed by atoms with Gasteiger partial charge in [0.2, 0.25) is 5.91 Å². The second-order valence-electron chi connectivity index (χ2n) is 5.64. The van der Waals surface area contributed by atoms with Crippen molar-refractivity contribution >= 4 is 17.6 Å². The molecule has 2 N–H and O–H groups in total. The Bertz CT molecular complexity index is 501. The van der Waals surface area contributed by atoms with Gasteiger partial charge in [-0.05, 0) is 12.8 Å². The van der Waals surface area contributed by atoms with Crippen molar-refractivity contribution in [1.29, 1.82) is 0 Å². The Morgan fingerprint density at radius 3 is 2.60 bits per heavy atom. The standard InChI is InChI=1S/C14H22N4O2/c1-9(2)13(19)16-12-8-11(17-18(12)3)14(20)15-10-6-4-5-7-10/h8-10H,4-7H2,1-3H3,(H,15,20)(H,16,19). The Labute approximate surface area is 118 Å². The molecule has 0 saturated heterocycles. The summed E-state index contributed by atoms with van der Waals surface area (Å²) >= 11 is 0. The third-order valence-electron chi connectivity index (χ3n) is 3.58. The first-order valence-corrected chi connectivity index (χ1v) is 7.13. The van der Waals surface area contributed by atoms with Gasteiger partial charge < -0.3 is 10.6 Å². The predicted molar refractivity (Wildman–Crippen MR) is 76.4 cm³/mol. The zero-order valence-electron chi connectivity index (χ0n) is 12.3. The molecule has 0 radical (unpaired) electrons. The Hall–Kier alpha value is -1.85. The van der Waals surface area contributed by atoms with E-state index in [1.165, 1.54) is 17.5 Å². The first-order chi connectivity index (χ1) is 9.47. The van der Waals surface area contributed by atoms with Gasteiger partial charge in [0.15, 0.2) is 5.69 Å². The molecule has 0 spiro atoms. The van der Waals surface area contributed by atoms with Crippen LogP contribution in [0.1, 0.15) is 50.0 Å². The molecule has 1 saturated carbocycles. The lowest BCUT2D eigenvalue weighted by Crippen LogP contribution is -2.32. The van der Waals surface area contributed by atoms with E-state index in [0.717, 1.165) is 12.8 Å². The summed E-state index contributed by atoms with van der Waals surface area (Å²) in [5.41, 5.74) is 0.346. The number of aryl methyl sites for hydroxylation is 1. The molecule has 0 atom stereocenters. The van der Waals surface area contributed by atoms with E-state index in [0.29, 0.717) is 11.5 Å². The molecule has 1 fully saturated rings. The summed E-state index contributed by atoms with van der Waals surface area (Å²) in [5.74, 6) is 0.175. The highest BCUT2D eigenvalue weighted by molar-refractivity contribution is 5.96. The van der Waals surface area contributed by atoms with E-state index in [9.17, 15) is 9.59 Å². The van der Waals surface area contributed by atoms with Crippen LogP contribution < -0.4 is 10.6 Å². The molecule has 0 aliphatic heterocycles. The molecule has 110 valence electrons. The van der Waals surface area contributed by atoms with Gasteiger partial charge in [-0.3, -0.25) is 14.3 Å². The van der Waals surface area contributed by atoms with Crippen LogP contribution in [-0.2, 0) is 11.8 Å². The third kappa shape index (κ3) is 3.37. The van der Waals surface area contributed by atoms with E-state index in [2.05, 4.69) is 15.7 Å². The van der Waals surface area contributed by atoms with Crippen LogP contribution in [0.5, 0.6) is 0 Å². The lowest BCUT2D eigenvalue weighted by atomic mass is 10.2. The fourth-order valence-electron chi connectivity index (χ4n) is 2.30. The van der Waals surface area contributed by atoms with Gasteiger partial charge in [-0.2, -0.15) is 5.10 Å². The molecule has 2 amide bonds. The van der Waals surface area contributed by atoms with Crippen molar-refractivity contribution in [3.63, 3.8) is 0 Å². The quantitative estimate of drug-likeness (QED) is 0.880. The zero-order chi connectivity index (χ0) is 14.7. The number of hydrogen-bond donors (Lipinski definition) is 2. The molecule has 6 nitrogen and oxygen atoms in total. The van der Waals surface area contributed by atoms with E-state index in [-0.39, 0.29) is 23.8 Å². The van der Waals surface area contributed by atoms with E-state index in [1.807, 2.05) is 13.8 Å². The number of rotatable bonds is 4. The molecule has 0 unspecified atom stereocenters. The summed E-state index contributed by atoms with van der Waals surface area (Å²) in [4.78, 5) is 23.8. The predicted octanol–water partition coefficient (Wildman–Crippen LogP) is 1.69. The lowest BCUT2D eigenvalue weighted by molar-refractivity contribution is -0.118. The highest BCUT2D eigenvalue weighted by atomic mass is 16.2. The number of amides is 2. The van der Waals surface area contributed by atoms with Gasteiger partial charge in [0.05, 0.1) is 0 Å². The normalized spacial score (nSPS) is 15.6. The molecule has 1 heterocycles. The van der Waals surface area contributed by atoms with Gasteiger partial charge in [0, 0.05) is 25.1 Å². The van der Waals surface area contributed by atoms with Crippen molar-refractivity contribution in [2.75, 3.05) is 5.32 Å². The Balaban J connectivity index is 2.02. The molecule has 2 rings (SSSR count). The summed E-state index contributed by atoms with van der Waals surface area (Å²) in [6, 6.07) is 1.88. The largest absolute Gasteiger partial charge is 0.348 e. The maximum atomic E-state index is 12.1. The number of carbonyl (C=O) groups excluding carboxylic acids is 2. The molecular weight excluding hydrogens is 256 g/mol. The van der Waals surface area contributed by atoms with Gasteiger partial charge in [-0.1, -0.05) is 26.7 Å². The van der Waals surface area contributed by atoms with Gasteiger partial charge in [-0.15, -0.1) is 0 Å². The van der Waals surface area contributed by atoms with Crippen LogP contribution in [0.4, 0.5) is 5.82 Å². The number of aromatic nitrogens is 2. The maximum absolute atomic E-state index is 12.1. The average molecular weight is 278 g/mol. The van der Waals surface area contributed by atoms with Crippen LogP contribution in [-0.4, -0.2) is 27.6 Å². The molecule has 1 aliphatic rings. The Morgan fingerprint density at radius 2 is 2.00 bits per heavy atom. The second kappa shape index (κ2) is 6.07. The highest BCUT2D eigenvalue weighted by Gasteiger charge is 2.20. The molecule has 1 aromatic heterocycles. The first-order valence-electron chi connectivity index (χ1n) is 7.13. The molecule has 0 aromatic carbocycles. The monoisotopic (exact) mass is 278 g/mol. The van der Waals surface area contributed by atoms with E-state index < -0.39 is 0 Å². The minimum atomic E-state index is -0.169. The number of carbonyl (C=O) groups is 2. The second-order valence-corrected chi connectivity index (χ2v) is 5.64. The summed E-state index contributed by atoms with van der Waals surface area (Å²) in [6.07, 6.45) is 4.41.